The largest absolute Gasteiger partial charge is 0.300 e. The normalized spacial score (nSPS) is 21.7. The van der Waals surface area contributed by atoms with Crippen LogP contribution in [0.5, 0.6) is 0 Å². The van der Waals surface area contributed by atoms with Gasteiger partial charge in [-0.2, -0.15) is 0 Å². The molecule has 0 heterocycles. The number of hydrogen-bond donors (Lipinski definition) is 0. The van der Waals surface area contributed by atoms with E-state index in [2.05, 4.69) is 28.1 Å². The molecule has 15 heavy (non-hydrogen) atoms. The second-order valence-electron chi connectivity index (χ2n) is 3.83. The number of carbonyl (C=O) groups excluding carboxylic acids is 1. The lowest BCUT2D eigenvalue weighted by molar-refractivity contribution is -0.120. The summed E-state index contributed by atoms with van der Waals surface area (Å²) in [4.78, 5) is 12.6. The number of benzene rings is 1. The predicted molar refractivity (Wildman–Crippen MR) is 67.3 cm³/mol. The minimum absolute atomic E-state index is 0.427. The number of Topliss-reactive ketones (excluding diaryl/α,β-unsaturated/α-hetero) is 1. The third-order valence-electron chi connectivity index (χ3n) is 2.55. The van der Waals surface area contributed by atoms with Gasteiger partial charge >= 0.3 is 0 Å². The second kappa shape index (κ2) is 5.17. The summed E-state index contributed by atoms with van der Waals surface area (Å²) in [6, 6.07) is 8.31. The van der Waals surface area contributed by atoms with E-state index in [9.17, 15) is 4.79 Å². The van der Waals surface area contributed by atoms with Crippen LogP contribution in [-0.2, 0) is 4.79 Å². The number of thioether (sulfide) groups is 1. The van der Waals surface area contributed by atoms with Crippen molar-refractivity contribution in [3.63, 3.8) is 0 Å². The van der Waals surface area contributed by atoms with Gasteiger partial charge in [0.25, 0.3) is 0 Å². The minimum Gasteiger partial charge on any atom is -0.300 e. The quantitative estimate of drug-likeness (QED) is 0.815. The van der Waals surface area contributed by atoms with Gasteiger partial charge in [-0.25, -0.2) is 0 Å². The van der Waals surface area contributed by atoms with Crippen LogP contribution in [0, 0.1) is 0 Å². The van der Waals surface area contributed by atoms with Crippen LogP contribution >= 0.6 is 27.7 Å². The Morgan fingerprint density at radius 3 is 2.67 bits per heavy atom. The van der Waals surface area contributed by atoms with Crippen LogP contribution in [0.4, 0.5) is 0 Å². The van der Waals surface area contributed by atoms with Gasteiger partial charge in [0, 0.05) is 27.5 Å². The fraction of sp³-hybridized carbons (Fsp3) is 0.417. The van der Waals surface area contributed by atoms with Crippen molar-refractivity contribution in [3.8, 4) is 0 Å². The summed E-state index contributed by atoms with van der Waals surface area (Å²) in [6.07, 6.45) is 3.78. The molecule has 1 aromatic carbocycles. The first kappa shape index (κ1) is 11.2. The lowest BCUT2D eigenvalue weighted by atomic mass is 9.99. The highest BCUT2D eigenvalue weighted by Gasteiger charge is 2.19. The monoisotopic (exact) mass is 284 g/mol. The lowest BCUT2D eigenvalue weighted by Crippen LogP contribution is -2.16. The summed E-state index contributed by atoms with van der Waals surface area (Å²) >= 11 is 5.25. The van der Waals surface area contributed by atoms with Crippen molar-refractivity contribution >= 4 is 33.5 Å². The summed E-state index contributed by atoms with van der Waals surface area (Å²) in [6.45, 7) is 0. The molecule has 80 valence electrons. The molecule has 0 amide bonds. The van der Waals surface area contributed by atoms with E-state index in [0.29, 0.717) is 11.0 Å². The zero-order valence-electron chi connectivity index (χ0n) is 8.41. The van der Waals surface area contributed by atoms with Gasteiger partial charge in [0.05, 0.1) is 0 Å². The van der Waals surface area contributed by atoms with Gasteiger partial charge in [0.2, 0.25) is 0 Å². The van der Waals surface area contributed by atoms with Crippen molar-refractivity contribution in [1.29, 1.82) is 0 Å². The van der Waals surface area contributed by atoms with Crippen molar-refractivity contribution < 1.29 is 4.79 Å². The number of ketones is 1. The van der Waals surface area contributed by atoms with Gasteiger partial charge in [-0.15, -0.1) is 11.8 Å². The molecule has 0 saturated heterocycles. The average molecular weight is 285 g/mol. The zero-order chi connectivity index (χ0) is 10.7. The van der Waals surface area contributed by atoms with Gasteiger partial charge in [0.1, 0.15) is 5.78 Å². The average Bonchev–Trinajstić information content (AvgIpc) is 2.22. The highest BCUT2D eigenvalue weighted by atomic mass is 79.9. The molecular formula is C12H13BrOS. The Hall–Kier alpha value is -0.280. The molecule has 0 bridgehead atoms. The van der Waals surface area contributed by atoms with Crippen LogP contribution in [0.15, 0.2) is 33.6 Å². The summed E-state index contributed by atoms with van der Waals surface area (Å²) in [5.41, 5.74) is 0. The predicted octanol–water partition coefficient (Wildman–Crippen LogP) is 4.05. The van der Waals surface area contributed by atoms with E-state index in [-0.39, 0.29) is 0 Å². The molecule has 2 rings (SSSR count). The SMILES string of the molecule is O=C1CCC[C@H](Sc2ccc(Br)cc2)C1. The molecule has 1 aliphatic carbocycles. The van der Waals surface area contributed by atoms with E-state index < -0.39 is 0 Å². The molecule has 1 fully saturated rings. The van der Waals surface area contributed by atoms with Gasteiger partial charge in [-0.3, -0.25) is 4.79 Å². The molecule has 1 nitrogen and oxygen atoms in total. The molecule has 0 aromatic heterocycles. The Bertz CT molecular complexity index is 347. The number of halogens is 1. The van der Waals surface area contributed by atoms with E-state index in [1.807, 2.05) is 23.9 Å². The molecule has 1 aromatic rings. The molecule has 1 saturated carbocycles. The van der Waals surface area contributed by atoms with Gasteiger partial charge in [0.15, 0.2) is 0 Å². The van der Waals surface area contributed by atoms with Crippen molar-refractivity contribution in [2.75, 3.05) is 0 Å². The Morgan fingerprint density at radius 1 is 1.27 bits per heavy atom. The van der Waals surface area contributed by atoms with Crippen LogP contribution < -0.4 is 0 Å². The first-order valence-corrected chi connectivity index (χ1v) is 6.85. The molecule has 0 spiro atoms. The fourth-order valence-corrected chi connectivity index (χ4v) is 3.29. The number of carbonyl (C=O) groups is 1. The van der Waals surface area contributed by atoms with Gasteiger partial charge in [-0.05, 0) is 37.1 Å². The topological polar surface area (TPSA) is 17.1 Å². The maximum absolute atomic E-state index is 11.3. The number of rotatable bonds is 2. The van der Waals surface area contributed by atoms with Crippen molar-refractivity contribution in [1.82, 2.24) is 0 Å². The molecule has 1 aliphatic rings. The minimum atomic E-state index is 0.427. The fourth-order valence-electron chi connectivity index (χ4n) is 1.79. The maximum Gasteiger partial charge on any atom is 0.134 e. The van der Waals surface area contributed by atoms with Crippen LogP contribution in [0.2, 0.25) is 0 Å². The van der Waals surface area contributed by atoms with E-state index in [1.165, 1.54) is 11.3 Å². The number of hydrogen-bond acceptors (Lipinski definition) is 2. The Balaban J connectivity index is 1.96. The molecule has 1 atom stereocenters. The lowest BCUT2D eigenvalue weighted by Gasteiger charge is -2.20. The molecule has 0 unspecified atom stereocenters. The molecular weight excluding hydrogens is 272 g/mol. The van der Waals surface area contributed by atoms with Crippen molar-refractivity contribution in [2.45, 2.75) is 35.8 Å². The van der Waals surface area contributed by atoms with E-state index in [1.54, 1.807) is 0 Å². The Morgan fingerprint density at radius 2 is 2.00 bits per heavy atom. The van der Waals surface area contributed by atoms with Crippen LogP contribution in [0.3, 0.4) is 0 Å². The first-order valence-electron chi connectivity index (χ1n) is 5.18. The molecule has 0 aliphatic heterocycles. The summed E-state index contributed by atoms with van der Waals surface area (Å²) in [5.74, 6) is 0.427. The second-order valence-corrected chi connectivity index (χ2v) is 6.12. The van der Waals surface area contributed by atoms with Crippen LogP contribution in [0.25, 0.3) is 0 Å². The molecule has 3 heteroatoms. The van der Waals surface area contributed by atoms with E-state index in [4.69, 9.17) is 0 Å². The molecule has 0 radical (unpaired) electrons. The third kappa shape index (κ3) is 3.35. The zero-order valence-corrected chi connectivity index (χ0v) is 10.8. The molecule has 0 N–H and O–H groups in total. The van der Waals surface area contributed by atoms with E-state index >= 15 is 0 Å². The maximum atomic E-state index is 11.3. The van der Waals surface area contributed by atoms with Crippen molar-refractivity contribution in [3.05, 3.63) is 28.7 Å². The summed E-state index contributed by atoms with van der Waals surface area (Å²) in [7, 11) is 0. The van der Waals surface area contributed by atoms with E-state index in [0.717, 1.165) is 23.7 Å². The van der Waals surface area contributed by atoms with Crippen LogP contribution in [0.1, 0.15) is 25.7 Å². The van der Waals surface area contributed by atoms with Gasteiger partial charge < -0.3 is 0 Å². The van der Waals surface area contributed by atoms with Crippen LogP contribution in [-0.4, -0.2) is 11.0 Å². The smallest absolute Gasteiger partial charge is 0.134 e. The first-order chi connectivity index (χ1) is 7.24. The highest BCUT2D eigenvalue weighted by Crippen LogP contribution is 2.32. The summed E-state index contributed by atoms with van der Waals surface area (Å²) < 4.78 is 1.10. The third-order valence-corrected chi connectivity index (χ3v) is 4.36. The standard InChI is InChI=1S/C12H13BrOS/c13-9-4-6-11(7-5-9)15-12-3-1-2-10(14)8-12/h4-7,12H,1-3,8H2/t12-/m0/s1. The Kier molecular flexibility index (Phi) is 3.87. The van der Waals surface area contributed by atoms with Gasteiger partial charge in [-0.1, -0.05) is 15.9 Å². The summed E-state index contributed by atoms with van der Waals surface area (Å²) in [5, 5.41) is 0.493. The van der Waals surface area contributed by atoms with Crippen molar-refractivity contribution in [2.24, 2.45) is 0 Å². The highest BCUT2D eigenvalue weighted by molar-refractivity contribution is 9.10. The Labute approximate surface area is 103 Å².